The van der Waals surface area contributed by atoms with Gasteiger partial charge in [-0.3, -0.25) is 0 Å². The van der Waals surface area contributed by atoms with Crippen LogP contribution in [0.25, 0.3) is 11.3 Å². The van der Waals surface area contributed by atoms with Crippen molar-refractivity contribution >= 4 is 23.2 Å². The third-order valence-electron chi connectivity index (χ3n) is 4.00. The van der Waals surface area contributed by atoms with E-state index < -0.39 is 0 Å². The number of halogens is 2. The van der Waals surface area contributed by atoms with Crippen LogP contribution in [0.3, 0.4) is 0 Å². The van der Waals surface area contributed by atoms with Crippen molar-refractivity contribution in [3.8, 4) is 11.3 Å². The van der Waals surface area contributed by atoms with Gasteiger partial charge >= 0.3 is 0 Å². The van der Waals surface area contributed by atoms with Crippen LogP contribution in [-0.4, -0.2) is 19.6 Å². The largest absolute Gasteiger partial charge is 0.460 e. The molecule has 3 rings (SSSR count). The Bertz CT molecular complexity index is 601. The summed E-state index contributed by atoms with van der Waals surface area (Å²) in [6.45, 7) is 4.05. The van der Waals surface area contributed by atoms with Crippen LogP contribution in [0.1, 0.15) is 18.6 Å². The fourth-order valence-electron chi connectivity index (χ4n) is 2.81. The van der Waals surface area contributed by atoms with Gasteiger partial charge in [0.25, 0.3) is 0 Å². The molecule has 2 heterocycles. The molecule has 3 nitrogen and oxygen atoms in total. The lowest BCUT2D eigenvalue weighted by molar-refractivity contribution is 0.350. The third kappa shape index (κ3) is 4.26. The zero-order valence-electron chi connectivity index (χ0n) is 12.4. The maximum atomic E-state index is 6.03. The molecule has 5 heteroatoms. The summed E-state index contributed by atoms with van der Waals surface area (Å²) < 4.78 is 5.88. The van der Waals surface area contributed by atoms with Gasteiger partial charge in [0.1, 0.15) is 11.5 Å². The Labute approximate surface area is 141 Å². The molecule has 1 fully saturated rings. The van der Waals surface area contributed by atoms with Gasteiger partial charge in [-0.15, -0.1) is 0 Å². The molecule has 2 aromatic rings. The van der Waals surface area contributed by atoms with E-state index in [1.807, 2.05) is 24.3 Å². The Kier molecular flexibility index (Phi) is 5.42. The normalized spacial score (nSPS) is 16.1. The summed E-state index contributed by atoms with van der Waals surface area (Å²) in [5.41, 5.74) is 0.905. The van der Waals surface area contributed by atoms with Crippen LogP contribution < -0.4 is 10.6 Å². The van der Waals surface area contributed by atoms with Crippen molar-refractivity contribution in [3.63, 3.8) is 0 Å². The molecule has 1 aliphatic heterocycles. The summed E-state index contributed by atoms with van der Waals surface area (Å²) in [7, 11) is 0. The van der Waals surface area contributed by atoms with E-state index in [4.69, 9.17) is 27.6 Å². The molecule has 1 saturated heterocycles. The molecule has 0 radical (unpaired) electrons. The van der Waals surface area contributed by atoms with Gasteiger partial charge in [-0.25, -0.2) is 0 Å². The van der Waals surface area contributed by atoms with Crippen LogP contribution in [0.5, 0.6) is 0 Å². The molecule has 0 spiro atoms. The summed E-state index contributed by atoms with van der Waals surface area (Å²) >= 11 is 12.1. The van der Waals surface area contributed by atoms with Gasteiger partial charge in [0, 0.05) is 15.6 Å². The Hall–Kier alpha value is -1.00. The van der Waals surface area contributed by atoms with E-state index in [0.717, 1.165) is 49.2 Å². The van der Waals surface area contributed by atoms with Crippen molar-refractivity contribution in [2.24, 2.45) is 5.92 Å². The lowest BCUT2D eigenvalue weighted by Crippen LogP contribution is -2.33. The molecule has 0 amide bonds. The van der Waals surface area contributed by atoms with Gasteiger partial charge in [-0.05, 0) is 68.7 Å². The SMILES string of the molecule is Clc1cc(Cl)cc(-c2ccc(CNCC3CCNCC3)o2)c1. The summed E-state index contributed by atoms with van der Waals surface area (Å²) in [6, 6.07) is 9.40. The van der Waals surface area contributed by atoms with Crippen LogP contribution in [0.2, 0.25) is 10.0 Å². The van der Waals surface area contributed by atoms with Gasteiger partial charge in [-0.2, -0.15) is 0 Å². The average molecular weight is 339 g/mol. The summed E-state index contributed by atoms with van der Waals surface area (Å²) in [5, 5.41) is 8.10. The van der Waals surface area contributed by atoms with Crippen molar-refractivity contribution in [2.45, 2.75) is 19.4 Å². The molecule has 0 bridgehead atoms. The van der Waals surface area contributed by atoms with Crippen LogP contribution in [0, 0.1) is 5.92 Å². The lowest BCUT2D eigenvalue weighted by atomic mass is 9.98. The molecule has 0 atom stereocenters. The second-order valence-electron chi connectivity index (χ2n) is 5.75. The minimum absolute atomic E-state index is 0.615. The van der Waals surface area contributed by atoms with E-state index in [-0.39, 0.29) is 0 Å². The highest BCUT2D eigenvalue weighted by molar-refractivity contribution is 6.35. The summed E-state index contributed by atoms with van der Waals surface area (Å²) in [4.78, 5) is 0. The monoisotopic (exact) mass is 338 g/mol. The molecule has 2 N–H and O–H groups in total. The van der Waals surface area contributed by atoms with Crippen LogP contribution >= 0.6 is 23.2 Å². The Balaban J connectivity index is 1.56. The Morgan fingerprint density at radius 2 is 1.82 bits per heavy atom. The highest BCUT2D eigenvalue weighted by atomic mass is 35.5. The number of benzene rings is 1. The van der Waals surface area contributed by atoms with Crippen LogP contribution in [-0.2, 0) is 6.54 Å². The van der Waals surface area contributed by atoms with E-state index in [1.54, 1.807) is 6.07 Å². The van der Waals surface area contributed by atoms with Gasteiger partial charge in [0.2, 0.25) is 0 Å². The standard InChI is InChI=1S/C17H20Cl2N2O/c18-14-7-13(8-15(19)9-14)17-2-1-16(22-17)11-21-10-12-3-5-20-6-4-12/h1-2,7-9,12,20-21H,3-6,10-11H2. The van der Waals surface area contributed by atoms with Gasteiger partial charge < -0.3 is 15.1 Å². The van der Waals surface area contributed by atoms with Crippen LogP contribution in [0.15, 0.2) is 34.7 Å². The molecule has 118 valence electrons. The first-order chi connectivity index (χ1) is 10.7. The molecular formula is C17H20Cl2N2O. The van der Waals surface area contributed by atoms with Crippen molar-refractivity contribution < 1.29 is 4.42 Å². The van der Waals surface area contributed by atoms with E-state index in [2.05, 4.69) is 10.6 Å². The van der Waals surface area contributed by atoms with Gasteiger partial charge in [0.05, 0.1) is 6.54 Å². The van der Waals surface area contributed by atoms with Crippen molar-refractivity contribution in [1.29, 1.82) is 0 Å². The number of furan rings is 1. The molecule has 0 saturated carbocycles. The fraction of sp³-hybridized carbons (Fsp3) is 0.412. The van der Waals surface area contributed by atoms with Gasteiger partial charge in [-0.1, -0.05) is 23.2 Å². The molecule has 1 aliphatic rings. The smallest absolute Gasteiger partial charge is 0.134 e. The highest BCUT2D eigenvalue weighted by Crippen LogP contribution is 2.28. The Morgan fingerprint density at radius 3 is 2.55 bits per heavy atom. The topological polar surface area (TPSA) is 37.2 Å². The summed E-state index contributed by atoms with van der Waals surface area (Å²) in [6.07, 6.45) is 2.49. The quantitative estimate of drug-likeness (QED) is 0.851. The first-order valence-corrected chi connectivity index (χ1v) is 8.43. The zero-order chi connectivity index (χ0) is 15.4. The number of hydrogen-bond donors (Lipinski definition) is 2. The maximum Gasteiger partial charge on any atom is 0.134 e. The van der Waals surface area contributed by atoms with E-state index >= 15 is 0 Å². The highest BCUT2D eigenvalue weighted by Gasteiger charge is 2.12. The second kappa shape index (κ2) is 7.51. The summed E-state index contributed by atoms with van der Waals surface area (Å²) in [5.74, 6) is 2.49. The lowest BCUT2D eigenvalue weighted by Gasteiger charge is -2.22. The molecule has 0 aliphatic carbocycles. The average Bonchev–Trinajstić information content (AvgIpc) is 2.96. The second-order valence-corrected chi connectivity index (χ2v) is 6.62. The molecule has 1 aromatic carbocycles. The predicted molar refractivity (Wildman–Crippen MR) is 91.5 cm³/mol. The molecular weight excluding hydrogens is 319 g/mol. The molecule has 0 unspecified atom stereocenters. The van der Waals surface area contributed by atoms with Gasteiger partial charge in [0.15, 0.2) is 0 Å². The first-order valence-electron chi connectivity index (χ1n) is 7.67. The minimum atomic E-state index is 0.615. The van der Waals surface area contributed by atoms with E-state index in [1.165, 1.54) is 12.8 Å². The Morgan fingerprint density at radius 1 is 1.09 bits per heavy atom. The van der Waals surface area contributed by atoms with E-state index in [0.29, 0.717) is 10.0 Å². The fourth-order valence-corrected chi connectivity index (χ4v) is 3.34. The van der Waals surface area contributed by atoms with Crippen molar-refractivity contribution in [2.75, 3.05) is 19.6 Å². The minimum Gasteiger partial charge on any atom is -0.460 e. The zero-order valence-corrected chi connectivity index (χ0v) is 13.9. The maximum absolute atomic E-state index is 6.03. The number of rotatable bonds is 5. The van der Waals surface area contributed by atoms with Crippen molar-refractivity contribution in [3.05, 3.63) is 46.1 Å². The molecule has 22 heavy (non-hydrogen) atoms. The van der Waals surface area contributed by atoms with Crippen LogP contribution in [0.4, 0.5) is 0 Å². The van der Waals surface area contributed by atoms with E-state index in [9.17, 15) is 0 Å². The predicted octanol–water partition coefficient (Wildman–Crippen LogP) is 4.34. The number of hydrogen-bond acceptors (Lipinski definition) is 3. The van der Waals surface area contributed by atoms with Crippen molar-refractivity contribution in [1.82, 2.24) is 10.6 Å². The molecule has 1 aromatic heterocycles. The first kappa shape index (κ1) is 15.9. The number of piperidine rings is 1. The number of nitrogens with one attached hydrogen (secondary N) is 2. The third-order valence-corrected chi connectivity index (χ3v) is 4.44.